The molecule has 2 aromatic heterocycles. The third-order valence-electron chi connectivity index (χ3n) is 4.74. The van der Waals surface area contributed by atoms with E-state index in [0.29, 0.717) is 31.4 Å². The quantitative estimate of drug-likeness (QED) is 0.586. The number of rotatable bonds is 8. The smallest absolute Gasteiger partial charge is 0.271 e. The molecule has 1 aliphatic rings. The molecule has 0 spiro atoms. The van der Waals surface area contributed by atoms with Gasteiger partial charge >= 0.3 is 0 Å². The van der Waals surface area contributed by atoms with Crippen molar-refractivity contribution < 1.29 is 4.79 Å². The van der Waals surface area contributed by atoms with Crippen LogP contribution >= 0.6 is 0 Å². The van der Waals surface area contributed by atoms with Crippen molar-refractivity contribution in [1.29, 1.82) is 0 Å². The van der Waals surface area contributed by atoms with E-state index in [1.165, 1.54) is 6.33 Å². The Morgan fingerprint density at radius 3 is 2.86 bits per heavy atom. The summed E-state index contributed by atoms with van der Waals surface area (Å²) in [7, 11) is 0. The molecule has 0 bridgehead atoms. The van der Waals surface area contributed by atoms with E-state index >= 15 is 0 Å². The average molecular weight is 396 g/mol. The predicted molar refractivity (Wildman–Crippen MR) is 114 cm³/mol. The zero-order valence-electron chi connectivity index (χ0n) is 17.1. The van der Waals surface area contributed by atoms with Crippen LogP contribution in [0, 0.1) is 0 Å². The standard InChI is InChI=1S/C21H28N6O2/c1-4-16-9-18(25-13-24-16)15-8-19(21(29)23-10-15)26-17-11-27(12-17)20(28)6-5-7-22-14(2)3/h5-6,8-10,13-14,17,22,26H,4,7,11-12H2,1-3H3,(H,23,29)/b6-5+. The summed E-state index contributed by atoms with van der Waals surface area (Å²) in [6.45, 7) is 7.96. The minimum atomic E-state index is -0.192. The minimum absolute atomic E-state index is 0.00986. The number of nitrogens with one attached hydrogen (secondary N) is 3. The first-order chi connectivity index (χ1) is 14.0. The molecule has 3 N–H and O–H groups in total. The number of aromatic nitrogens is 3. The topological polar surface area (TPSA) is 103 Å². The highest BCUT2D eigenvalue weighted by Crippen LogP contribution is 2.20. The molecule has 0 atom stereocenters. The number of hydrogen-bond acceptors (Lipinski definition) is 6. The molecule has 0 unspecified atom stereocenters. The van der Waals surface area contributed by atoms with E-state index in [2.05, 4.69) is 39.4 Å². The maximum absolute atomic E-state index is 12.2. The summed E-state index contributed by atoms with van der Waals surface area (Å²) in [5.41, 5.74) is 2.81. The van der Waals surface area contributed by atoms with Gasteiger partial charge in [0.1, 0.15) is 12.0 Å². The monoisotopic (exact) mass is 396 g/mol. The molecule has 29 heavy (non-hydrogen) atoms. The number of aromatic amines is 1. The number of hydrogen-bond donors (Lipinski definition) is 3. The van der Waals surface area contributed by atoms with E-state index in [0.717, 1.165) is 23.4 Å². The van der Waals surface area contributed by atoms with Gasteiger partial charge in [-0.05, 0) is 18.6 Å². The SMILES string of the molecule is CCc1cc(-c2c[nH]c(=O)c(NC3CN(C(=O)/C=C/CNC(C)C)C3)c2)ncn1. The number of nitrogens with zero attached hydrogens (tertiary/aromatic N) is 3. The van der Waals surface area contributed by atoms with Crippen LogP contribution in [0.4, 0.5) is 5.69 Å². The summed E-state index contributed by atoms with van der Waals surface area (Å²) >= 11 is 0. The summed E-state index contributed by atoms with van der Waals surface area (Å²) in [4.78, 5) is 37.3. The fraction of sp³-hybridized carbons (Fsp3) is 0.429. The molecule has 3 rings (SSSR count). The highest BCUT2D eigenvalue weighted by Gasteiger charge is 2.29. The van der Waals surface area contributed by atoms with Crippen LogP contribution in [0.15, 0.2) is 41.6 Å². The van der Waals surface area contributed by atoms with Crippen LogP contribution in [-0.2, 0) is 11.2 Å². The molecule has 2 aromatic rings. The molecule has 0 aliphatic carbocycles. The summed E-state index contributed by atoms with van der Waals surface area (Å²) in [6, 6.07) is 4.15. The lowest BCUT2D eigenvalue weighted by Crippen LogP contribution is -2.57. The van der Waals surface area contributed by atoms with Crippen LogP contribution < -0.4 is 16.2 Å². The second-order valence-electron chi connectivity index (χ2n) is 7.43. The van der Waals surface area contributed by atoms with Crippen molar-refractivity contribution in [2.75, 3.05) is 25.0 Å². The van der Waals surface area contributed by atoms with E-state index < -0.39 is 0 Å². The van der Waals surface area contributed by atoms with Crippen LogP contribution in [0.3, 0.4) is 0 Å². The molecular formula is C21H28N6O2. The molecule has 0 saturated carbocycles. The molecule has 154 valence electrons. The molecule has 1 amide bonds. The minimum Gasteiger partial charge on any atom is -0.374 e. The Hall–Kier alpha value is -3.00. The summed E-state index contributed by atoms with van der Waals surface area (Å²) in [5.74, 6) is -0.00986. The average Bonchev–Trinajstić information content (AvgIpc) is 2.68. The number of aryl methyl sites for hydroxylation is 1. The molecule has 0 radical (unpaired) electrons. The number of H-pyrrole nitrogens is 1. The first kappa shape index (κ1) is 20.7. The third-order valence-corrected chi connectivity index (χ3v) is 4.74. The van der Waals surface area contributed by atoms with Crippen molar-refractivity contribution in [1.82, 2.24) is 25.2 Å². The van der Waals surface area contributed by atoms with Gasteiger partial charge < -0.3 is 20.5 Å². The summed E-state index contributed by atoms with van der Waals surface area (Å²) in [5, 5.41) is 6.47. The fourth-order valence-corrected chi connectivity index (χ4v) is 3.03. The predicted octanol–water partition coefficient (Wildman–Crippen LogP) is 1.57. The number of pyridine rings is 1. The van der Waals surface area contributed by atoms with Gasteiger partial charge in [0, 0.05) is 49.2 Å². The van der Waals surface area contributed by atoms with Crippen molar-refractivity contribution >= 4 is 11.6 Å². The Balaban J connectivity index is 1.58. The largest absolute Gasteiger partial charge is 0.374 e. The van der Waals surface area contributed by atoms with E-state index in [4.69, 9.17) is 0 Å². The van der Waals surface area contributed by atoms with Crippen molar-refractivity contribution in [2.24, 2.45) is 0 Å². The Kier molecular flexibility index (Phi) is 6.77. The molecule has 1 fully saturated rings. The summed E-state index contributed by atoms with van der Waals surface area (Å²) in [6.07, 6.45) is 7.44. The fourth-order valence-electron chi connectivity index (χ4n) is 3.03. The molecule has 1 saturated heterocycles. The maximum Gasteiger partial charge on any atom is 0.271 e. The van der Waals surface area contributed by atoms with Crippen LogP contribution in [0.25, 0.3) is 11.3 Å². The molecule has 0 aromatic carbocycles. The zero-order chi connectivity index (χ0) is 20.8. The highest BCUT2D eigenvalue weighted by atomic mass is 16.2. The Morgan fingerprint density at radius 2 is 2.14 bits per heavy atom. The number of amides is 1. The van der Waals surface area contributed by atoms with Crippen molar-refractivity contribution in [3.8, 4) is 11.3 Å². The van der Waals surface area contributed by atoms with E-state index in [-0.39, 0.29) is 17.5 Å². The highest BCUT2D eigenvalue weighted by molar-refractivity contribution is 5.88. The molecule has 8 heteroatoms. The first-order valence-corrected chi connectivity index (χ1v) is 9.95. The first-order valence-electron chi connectivity index (χ1n) is 9.95. The summed E-state index contributed by atoms with van der Waals surface area (Å²) < 4.78 is 0. The zero-order valence-corrected chi connectivity index (χ0v) is 17.1. The van der Waals surface area contributed by atoms with Crippen LogP contribution in [0.2, 0.25) is 0 Å². The van der Waals surface area contributed by atoms with Crippen LogP contribution in [0.5, 0.6) is 0 Å². The maximum atomic E-state index is 12.2. The molecular weight excluding hydrogens is 368 g/mol. The Bertz CT molecular complexity index is 931. The normalized spacial score (nSPS) is 14.4. The van der Waals surface area contributed by atoms with Crippen molar-refractivity contribution in [3.05, 3.63) is 52.9 Å². The van der Waals surface area contributed by atoms with Gasteiger partial charge in [0.15, 0.2) is 0 Å². The Labute approximate surface area is 170 Å². The Morgan fingerprint density at radius 1 is 1.34 bits per heavy atom. The number of carbonyl (C=O) groups excluding carboxylic acids is 1. The van der Waals surface area contributed by atoms with Gasteiger partial charge in [-0.1, -0.05) is 26.8 Å². The van der Waals surface area contributed by atoms with Crippen LogP contribution in [-0.4, -0.2) is 57.5 Å². The van der Waals surface area contributed by atoms with Gasteiger partial charge in [-0.25, -0.2) is 9.97 Å². The van der Waals surface area contributed by atoms with Gasteiger partial charge in [0.05, 0.1) is 11.7 Å². The van der Waals surface area contributed by atoms with Gasteiger partial charge in [-0.15, -0.1) is 0 Å². The number of carbonyl (C=O) groups is 1. The lowest BCUT2D eigenvalue weighted by molar-refractivity contribution is -0.129. The molecule has 3 heterocycles. The van der Waals surface area contributed by atoms with Gasteiger partial charge in [0.2, 0.25) is 5.91 Å². The van der Waals surface area contributed by atoms with Crippen LogP contribution in [0.1, 0.15) is 26.5 Å². The lowest BCUT2D eigenvalue weighted by Gasteiger charge is -2.39. The van der Waals surface area contributed by atoms with Crippen molar-refractivity contribution in [3.63, 3.8) is 0 Å². The second-order valence-corrected chi connectivity index (χ2v) is 7.43. The number of anilines is 1. The van der Waals surface area contributed by atoms with Crippen molar-refractivity contribution in [2.45, 2.75) is 39.3 Å². The van der Waals surface area contributed by atoms with Gasteiger partial charge in [-0.2, -0.15) is 0 Å². The molecule has 8 nitrogen and oxygen atoms in total. The van der Waals surface area contributed by atoms with E-state index in [1.807, 2.05) is 19.1 Å². The van der Waals surface area contributed by atoms with E-state index in [1.54, 1.807) is 23.2 Å². The number of likely N-dealkylation sites (tertiary alicyclic amines) is 1. The van der Waals surface area contributed by atoms with Gasteiger partial charge in [-0.3, -0.25) is 9.59 Å². The van der Waals surface area contributed by atoms with E-state index in [9.17, 15) is 9.59 Å². The molecule has 1 aliphatic heterocycles. The lowest BCUT2D eigenvalue weighted by atomic mass is 10.1. The van der Waals surface area contributed by atoms with Gasteiger partial charge in [0.25, 0.3) is 5.56 Å². The second kappa shape index (κ2) is 9.47. The third kappa shape index (κ3) is 5.51.